The molecule has 0 bridgehead atoms. The maximum Gasteiger partial charge on any atom is 0.0558 e. The van der Waals surface area contributed by atoms with E-state index in [0.29, 0.717) is 6.54 Å². The summed E-state index contributed by atoms with van der Waals surface area (Å²) in [5.41, 5.74) is 0. The number of nitroso groups, excluding NO2 is 1. The van der Waals surface area contributed by atoms with Crippen molar-refractivity contribution in [3.63, 3.8) is 0 Å². The van der Waals surface area contributed by atoms with Crippen molar-refractivity contribution in [2.75, 3.05) is 26.7 Å². The molecule has 88 valence electrons. The highest BCUT2D eigenvalue weighted by atomic mass is 32.2. The smallest absolute Gasteiger partial charge is 0.0558 e. The van der Waals surface area contributed by atoms with E-state index in [2.05, 4.69) is 9.48 Å². The highest BCUT2D eigenvalue weighted by Crippen LogP contribution is 2.40. The van der Waals surface area contributed by atoms with Crippen molar-refractivity contribution in [1.29, 1.82) is 0 Å². The first-order valence-corrected chi connectivity index (χ1v) is 6.30. The van der Waals surface area contributed by atoms with Gasteiger partial charge in [-0.1, -0.05) is 19.3 Å². The van der Waals surface area contributed by atoms with Gasteiger partial charge in [-0.15, -0.1) is 4.91 Å². The van der Waals surface area contributed by atoms with Crippen molar-refractivity contribution in [3.8, 4) is 0 Å². The molecule has 0 aromatic heterocycles. The average molecular weight is 232 g/mol. The third kappa shape index (κ3) is 4.09. The van der Waals surface area contributed by atoms with E-state index >= 15 is 0 Å². The first kappa shape index (κ1) is 12.9. The third-order valence-corrected chi connectivity index (χ3v) is 4.03. The second-order valence-electron chi connectivity index (χ2n) is 4.37. The van der Waals surface area contributed by atoms with Crippen LogP contribution in [0.25, 0.3) is 0 Å². The molecule has 0 unspecified atom stereocenters. The van der Waals surface area contributed by atoms with Crippen molar-refractivity contribution in [2.24, 2.45) is 4.58 Å². The summed E-state index contributed by atoms with van der Waals surface area (Å²) < 4.78 is 3.03. The SMILES string of the molecule is CN(CCO)CC1(SN=O)CCCCC1. The number of likely N-dealkylation sites (N-methyl/N-ethyl adjacent to an activating group) is 1. The summed E-state index contributed by atoms with van der Waals surface area (Å²) in [6, 6.07) is 0. The van der Waals surface area contributed by atoms with Gasteiger partial charge in [-0.25, -0.2) is 0 Å². The first-order chi connectivity index (χ1) is 7.22. The molecule has 0 aromatic carbocycles. The maximum atomic E-state index is 10.5. The van der Waals surface area contributed by atoms with Crippen molar-refractivity contribution < 1.29 is 5.11 Å². The lowest BCUT2D eigenvalue weighted by Gasteiger charge is -2.36. The second kappa shape index (κ2) is 6.45. The number of aliphatic hydroxyl groups excluding tert-OH is 1. The maximum absolute atomic E-state index is 10.5. The molecule has 5 heteroatoms. The Bertz CT molecular complexity index is 196. The summed E-state index contributed by atoms with van der Waals surface area (Å²) in [6.07, 6.45) is 5.79. The first-order valence-electron chi connectivity index (χ1n) is 5.53. The molecular formula is C10H20N2O2S. The summed E-state index contributed by atoms with van der Waals surface area (Å²) in [4.78, 5) is 12.5. The van der Waals surface area contributed by atoms with Gasteiger partial charge in [-0.3, -0.25) is 0 Å². The van der Waals surface area contributed by atoms with Gasteiger partial charge in [-0.05, 0) is 19.9 Å². The Morgan fingerprint density at radius 2 is 2.07 bits per heavy atom. The fraction of sp³-hybridized carbons (Fsp3) is 1.00. The average Bonchev–Trinajstić information content (AvgIpc) is 2.19. The highest BCUT2D eigenvalue weighted by Gasteiger charge is 2.34. The monoisotopic (exact) mass is 232 g/mol. The molecule has 15 heavy (non-hydrogen) atoms. The quantitative estimate of drug-likeness (QED) is 0.562. The van der Waals surface area contributed by atoms with E-state index in [9.17, 15) is 4.91 Å². The van der Waals surface area contributed by atoms with Crippen LogP contribution in [0.5, 0.6) is 0 Å². The Kier molecular flexibility index (Phi) is 5.56. The van der Waals surface area contributed by atoms with Gasteiger partial charge in [0, 0.05) is 29.6 Å². The molecule has 0 radical (unpaired) electrons. The molecule has 1 saturated carbocycles. The normalized spacial score (nSPS) is 20.5. The summed E-state index contributed by atoms with van der Waals surface area (Å²) in [5, 5.41) is 8.85. The van der Waals surface area contributed by atoms with Crippen molar-refractivity contribution in [3.05, 3.63) is 4.91 Å². The minimum absolute atomic E-state index is 0.00389. The molecule has 0 spiro atoms. The predicted molar refractivity (Wildman–Crippen MR) is 63.8 cm³/mol. The van der Waals surface area contributed by atoms with Gasteiger partial charge in [0.25, 0.3) is 0 Å². The van der Waals surface area contributed by atoms with E-state index < -0.39 is 0 Å². The lowest BCUT2D eigenvalue weighted by Crippen LogP contribution is -2.41. The van der Waals surface area contributed by atoms with E-state index in [1.54, 1.807) is 0 Å². The Hall–Kier alpha value is -0.130. The van der Waals surface area contributed by atoms with Gasteiger partial charge in [0.1, 0.15) is 0 Å². The molecule has 1 aliphatic rings. The van der Waals surface area contributed by atoms with Crippen LogP contribution in [0.4, 0.5) is 0 Å². The molecule has 1 rings (SSSR count). The zero-order valence-electron chi connectivity index (χ0n) is 9.31. The van der Waals surface area contributed by atoms with Gasteiger partial charge >= 0.3 is 0 Å². The minimum atomic E-state index is 0.00389. The van der Waals surface area contributed by atoms with E-state index in [-0.39, 0.29) is 11.4 Å². The van der Waals surface area contributed by atoms with Crippen LogP contribution in [0.3, 0.4) is 0 Å². The van der Waals surface area contributed by atoms with Crippen molar-refractivity contribution in [1.82, 2.24) is 4.90 Å². The second-order valence-corrected chi connectivity index (χ2v) is 5.57. The summed E-state index contributed by atoms with van der Waals surface area (Å²) in [6.45, 7) is 1.69. The third-order valence-electron chi connectivity index (χ3n) is 3.04. The number of rotatable bonds is 6. The number of nitrogens with zero attached hydrogens (tertiary/aromatic N) is 2. The molecule has 0 atom stereocenters. The summed E-state index contributed by atoms with van der Waals surface area (Å²) in [5.74, 6) is 0. The van der Waals surface area contributed by atoms with Crippen LogP contribution in [-0.4, -0.2) is 41.5 Å². The van der Waals surface area contributed by atoms with Crippen LogP contribution in [0.2, 0.25) is 0 Å². The molecule has 1 N–H and O–H groups in total. The fourth-order valence-electron chi connectivity index (χ4n) is 2.30. The van der Waals surface area contributed by atoms with Gasteiger partial charge in [0.2, 0.25) is 0 Å². The molecule has 4 nitrogen and oxygen atoms in total. The minimum Gasteiger partial charge on any atom is -0.395 e. The Morgan fingerprint density at radius 3 is 2.60 bits per heavy atom. The van der Waals surface area contributed by atoms with E-state index in [1.807, 2.05) is 7.05 Å². The zero-order chi connectivity index (χ0) is 11.1. The molecule has 1 aliphatic carbocycles. The van der Waals surface area contributed by atoms with Crippen LogP contribution in [0.1, 0.15) is 32.1 Å². The van der Waals surface area contributed by atoms with Crippen LogP contribution < -0.4 is 0 Å². The molecule has 1 fully saturated rings. The van der Waals surface area contributed by atoms with E-state index in [1.165, 1.54) is 31.2 Å². The lowest BCUT2D eigenvalue weighted by molar-refractivity contribution is 0.197. The molecule has 0 heterocycles. The predicted octanol–water partition coefficient (Wildman–Crippen LogP) is 2.03. The molecule has 0 saturated heterocycles. The van der Waals surface area contributed by atoms with Gasteiger partial charge < -0.3 is 10.0 Å². The Balaban J connectivity index is 2.51. The molecular weight excluding hydrogens is 212 g/mol. The van der Waals surface area contributed by atoms with Gasteiger partial charge in [0.05, 0.1) is 11.4 Å². The molecule has 0 aliphatic heterocycles. The summed E-state index contributed by atoms with van der Waals surface area (Å²) in [7, 11) is 1.98. The van der Waals surface area contributed by atoms with E-state index in [0.717, 1.165) is 19.4 Å². The van der Waals surface area contributed by atoms with Gasteiger partial charge in [0.15, 0.2) is 0 Å². The van der Waals surface area contributed by atoms with Crippen LogP contribution in [-0.2, 0) is 0 Å². The largest absolute Gasteiger partial charge is 0.395 e. The van der Waals surface area contributed by atoms with Crippen LogP contribution in [0.15, 0.2) is 4.58 Å². The Morgan fingerprint density at radius 1 is 1.40 bits per heavy atom. The number of hydrogen-bond acceptors (Lipinski definition) is 5. The standard InChI is InChI=1S/C10H20N2O2S/c1-12(7-8-13)9-10(15-11-14)5-3-2-4-6-10/h13H,2-9H2,1H3. The van der Waals surface area contributed by atoms with Crippen LogP contribution in [0, 0.1) is 4.91 Å². The van der Waals surface area contributed by atoms with Crippen LogP contribution >= 0.6 is 11.9 Å². The molecule has 0 aromatic rings. The lowest BCUT2D eigenvalue weighted by atomic mass is 9.88. The van der Waals surface area contributed by atoms with Crippen molar-refractivity contribution >= 4 is 11.9 Å². The zero-order valence-corrected chi connectivity index (χ0v) is 10.1. The van der Waals surface area contributed by atoms with E-state index in [4.69, 9.17) is 5.11 Å². The summed E-state index contributed by atoms with van der Waals surface area (Å²) >= 11 is 1.20. The van der Waals surface area contributed by atoms with Gasteiger partial charge in [-0.2, -0.15) is 0 Å². The number of hydrogen-bond donors (Lipinski definition) is 1. The fourth-order valence-corrected chi connectivity index (χ4v) is 3.20. The van der Waals surface area contributed by atoms with Crippen molar-refractivity contribution in [2.45, 2.75) is 36.9 Å². The topological polar surface area (TPSA) is 52.9 Å². The number of aliphatic hydroxyl groups is 1. The Labute approximate surface area is 95.5 Å². The molecule has 0 amide bonds. The highest BCUT2D eigenvalue weighted by molar-refractivity contribution is 7.99.